The third-order valence-electron chi connectivity index (χ3n) is 4.11. The first-order valence-corrected chi connectivity index (χ1v) is 7.44. The third kappa shape index (κ3) is 3.35. The summed E-state index contributed by atoms with van der Waals surface area (Å²) >= 11 is 0. The van der Waals surface area contributed by atoms with E-state index in [2.05, 4.69) is 10.6 Å². The van der Waals surface area contributed by atoms with Crippen LogP contribution in [0.2, 0.25) is 0 Å². The number of carbonyl (C=O) groups is 2. The number of nitrogens with zero attached hydrogens (tertiary/aromatic N) is 1. The maximum atomic E-state index is 14.0. The first-order chi connectivity index (χ1) is 9.81. The highest BCUT2D eigenvalue weighted by molar-refractivity contribution is 5.87. The number of nitrogens with one attached hydrogen (secondary N) is 2. The summed E-state index contributed by atoms with van der Waals surface area (Å²) in [6, 6.07) is -1.72. The Morgan fingerprint density at radius 2 is 2.14 bits per heavy atom. The van der Waals surface area contributed by atoms with E-state index in [1.165, 1.54) is 11.8 Å². The number of hydrogen-bond donors (Lipinski definition) is 3. The van der Waals surface area contributed by atoms with Crippen molar-refractivity contribution in [3.05, 3.63) is 0 Å². The van der Waals surface area contributed by atoms with Crippen molar-refractivity contribution < 1.29 is 19.1 Å². The van der Waals surface area contributed by atoms with Crippen molar-refractivity contribution in [2.75, 3.05) is 13.1 Å². The van der Waals surface area contributed by atoms with Crippen LogP contribution in [0.1, 0.15) is 27.2 Å². The quantitative estimate of drug-likeness (QED) is 0.649. The number of aliphatic hydroxyl groups is 1. The lowest BCUT2D eigenvalue weighted by molar-refractivity contribution is -0.138. The molecule has 7 heteroatoms. The summed E-state index contributed by atoms with van der Waals surface area (Å²) in [7, 11) is 0. The summed E-state index contributed by atoms with van der Waals surface area (Å²) in [6.45, 7) is 5.52. The van der Waals surface area contributed by atoms with Gasteiger partial charge in [0.05, 0.1) is 24.7 Å². The van der Waals surface area contributed by atoms with Crippen LogP contribution in [0.4, 0.5) is 4.39 Å². The highest BCUT2D eigenvalue weighted by atomic mass is 19.1. The Hall–Kier alpha value is -1.21. The monoisotopic (exact) mass is 301 g/mol. The number of aliphatic hydroxyl groups excluding tert-OH is 1. The van der Waals surface area contributed by atoms with Gasteiger partial charge in [0.25, 0.3) is 0 Å². The lowest BCUT2D eigenvalue weighted by Gasteiger charge is -2.30. The largest absolute Gasteiger partial charge is 0.390 e. The maximum absolute atomic E-state index is 14.0. The van der Waals surface area contributed by atoms with Crippen molar-refractivity contribution in [2.24, 2.45) is 5.92 Å². The predicted molar refractivity (Wildman–Crippen MR) is 75.3 cm³/mol. The molecule has 2 aliphatic rings. The van der Waals surface area contributed by atoms with Crippen molar-refractivity contribution in [3.8, 4) is 0 Å². The van der Waals surface area contributed by atoms with Crippen LogP contribution in [-0.4, -0.2) is 65.3 Å². The molecule has 2 rings (SSSR count). The summed E-state index contributed by atoms with van der Waals surface area (Å²) in [6.07, 6.45) is -1.46. The molecule has 2 amide bonds. The second kappa shape index (κ2) is 6.27. The predicted octanol–water partition coefficient (Wildman–Crippen LogP) is -0.581. The second-order valence-electron chi connectivity index (χ2n) is 6.38. The molecule has 5 atom stereocenters. The molecule has 3 N–H and O–H groups in total. The number of alkyl halides is 1. The zero-order chi connectivity index (χ0) is 15.7. The molecular formula is C14H24FN3O3. The topological polar surface area (TPSA) is 81.7 Å². The number of hydrogen-bond acceptors (Lipinski definition) is 4. The van der Waals surface area contributed by atoms with Gasteiger partial charge in [0.15, 0.2) is 0 Å². The minimum Gasteiger partial charge on any atom is -0.390 e. The van der Waals surface area contributed by atoms with E-state index in [0.717, 1.165) is 0 Å². The van der Waals surface area contributed by atoms with Crippen molar-refractivity contribution in [3.63, 3.8) is 0 Å². The minimum absolute atomic E-state index is 0.0353. The van der Waals surface area contributed by atoms with Gasteiger partial charge >= 0.3 is 0 Å². The molecule has 2 saturated heterocycles. The zero-order valence-electron chi connectivity index (χ0n) is 12.7. The summed E-state index contributed by atoms with van der Waals surface area (Å²) < 4.78 is 14.0. The number of β-amino-alcohol motifs (C(OH)–C–C–N with tert-alkyl or cyclic N) is 1. The van der Waals surface area contributed by atoms with E-state index in [-0.39, 0.29) is 30.8 Å². The van der Waals surface area contributed by atoms with Crippen LogP contribution in [0.3, 0.4) is 0 Å². The molecule has 0 spiro atoms. The number of likely N-dealkylation sites (tertiary alicyclic amines) is 1. The van der Waals surface area contributed by atoms with E-state index in [4.69, 9.17) is 0 Å². The molecule has 0 aromatic heterocycles. The fourth-order valence-electron chi connectivity index (χ4n) is 3.28. The molecule has 0 radical (unpaired) electrons. The standard InChI is InChI=1S/C14H24FN3O3/c1-7(2)4-10(17-8(3)19)14(21)18-6-9(15)12-13(18)11(20)5-16-12/h7,9-13,16,20H,4-6H2,1-3H3,(H,17,19)/t9-,10-,11-,12+,13+/m0/s1. The molecule has 21 heavy (non-hydrogen) atoms. The van der Waals surface area contributed by atoms with Crippen LogP contribution >= 0.6 is 0 Å². The average Bonchev–Trinajstić information content (AvgIpc) is 2.89. The van der Waals surface area contributed by atoms with Crippen LogP contribution in [0.15, 0.2) is 0 Å². The zero-order valence-corrected chi connectivity index (χ0v) is 12.7. The molecule has 6 nitrogen and oxygen atoms in total. The van der Waals surface area contributed by atoms with Crippen LogP contribution in [0, 0.1) is 5.92 Å². The fourth-order valence-corrected chi connectivity index (χ4v) is 3.28. The molecule has 2 aliphatic heterocycles. The van der Waals surface area contributed by atoms with Gasteiger partial charge in [-0.2, -0.15) is 0 Å². The number of halogens is 1. The first kappa shape index (κ1) is 16.2. The van der Waals surface area contributed by atoms with Gasteiger partial charge in [-0.05, 0) is 12.3 Å². The number of amides is 2. The fraction of sp³-hybridized carbons (Fsp3) is 0.857. The van der Waals surface area contributed by atoms with Gasteiger partial charge in [0.2, 0.25) is 11.8 Å². The molecule has 0 unspecified atom stereocenters. The van der Waals surface area contributed by atoms with Gasteiger partial charge in [-0.15, -0.1) is 0 Å². The molecular weight excluding hydrogens is 277 g/mol. The SMILES string of the molecule is CC(=O)N[C@@H](CC(C)C)C(=O)N1C[C@H](F)[C@H]2NC[C@H](O)[C@H]21. The van der Waals surface area contributed by atoms with Gasteiger partial charge in [0.1, 0.15) is 12.2 Å². The van der Waals surface area contributed by atoms with E-state index in [0.29, 0.717) is 6.42 Å². The Bertz CT molecular complexity index is 418. The van der Waals surface area contributed by atoms with Crippen molar-refractivity contribution in [1.82, 2.24) is 15.5 Å². The summed E-state index contributed by atoms with van der Waals surface area (Å²) in [5.41, 5.74) is 0. The Kier molecular flexibility index (Phi) is 4.83. The van der Waals surface area contributed by atoms with E-state index in [9.17, 15) is 19.1 Å². The lowest BCUT2D eigenvalue weighted by atomic mass is 10.0. The summed E-state index contributed by atoms with van der Waals surface area (Å²) in [5, 5.41) is 15.5. The first-order valence-electron chi connectivity index (χ1n) is 7.44. The number of carbonyl (C=O) groups excluding carboxylic acids is 2. The van der Waals surface area contributed by atoms with E-state index in [1.54, 1.807) is 0 Å². The van der Waals surface area contributed by atoms with Gasteiger partial charge in [-0.25, -0.2) is 4.39 Å². The van der Waals surface area contributed by atoms with E-state index >= 15 is 0 Å². The molecule has 0 aromatic rings. The molecule has 2 fully saturated rings. The molecule has 0 aromatic carbocycles. The van der Waals surface area contributed by atoms with Gasteiger partial charge in [-0.3, -0.25) is 9.59 Å². The smallest absolute Gasteiger partial charge is 0.245 e. The van der Waals surface area contributed by atoms with E-state index < -0.39 is 30.4 Å². The lowest BCUT2D eigenvalue weighted by Crippen LogP contribution is -2.53. The number of rotatable bonds is 4. The molecule has 120 valence electrons. The number of fused-ring (bicyclic) bond motifs is 1. The summed E-state index contributed by atoms with van der Waals surface area (Å²) in [5.74, 6) is -0.375. The Labute approximate surface area is 124 Å². The normalized spacial score (nSPS) is 33.1. The van der Waals surface area contributed by atoms with Gasteiger partial charge < -0.3 is 20.6 Å². The van der Waals surface area contributed by atoms with Crippen LogP contribution in [0.5, 0.6) is 0 Å². The highest BCUT2D eigenvalue weighted by Gasteiger charge is 2.52. The van der Waals surface area contributed by atoms with Gasteiger partial charge in [0, 0.05) is 13.5 Å². The van der Waals surface area contributed by atoms with Crippen LogP contribution in [-0.2, 0) is 9.59 Å². The summed E-state index contributed by atoms with van der Waals surface area (Å²) in [4.78, 5) is 25.3. The Morgan fingerprint density at radius 1 is 1.48 bits per heavy atom. The van der Waals surface area contributed by atoms with Crippen molar-refractivity contribution in [2.45, 2.75) is 57.6 Å². The Morgan fingerprint density at radius 3 is 2.71 bits per heavy atom. The second-order valence-corrected chi connectivity index (χ2v) is 6.38. The van der Waals surface area contributed by atoms with Crippen LogP contribution < -0.4 is 10.6 Å². The van der Waals surface area contributed by atoms with Crippen LogP contribution in [0.25, 0.3) is 0 Å². The van der Waals surface area contributed by atoms with Crippen molar-refractivity contribution in [1.29, 1.82) is 0 Å². The van der Waals surface area contributed by atoms with E-state index in [1.807, 2.05) is 13.8 Å². The minimum atomic E-state index is -1.19. The maximum Gasteiger partial charge on any atom is 0.245 e. The molecule has 0 bridgehead atoms. The van der Waals surface area contributed by atoms with Crippen molar-refractivity contribution >= 4 is 11.8 Å². The molecule has 0 saturated carbocycles. The third-order valence-corrected chi connectivity index (χ3v) is 4.11. The molecule has 2 heterocycles. The highest BCUT2D eigenvalue weighted by Crippen LogP contribution is 2.29. The van der Waals surface area contributed by atoms with Gasteiger partial charge in [-0.1, -0.05) is 13.8 Å². The Balaban J connectivity index is 2.14. The molecule has 0 aliphatic carbocycles. The average molecular weight is 301 g/mol.